The fourth-order valence-corrected chi connectivity index (χ4v) is 4.59. The molecule has 0 bridgehead atoms. The molecule has 1 aliphatic heterocycles. The fraction of sp³-hybridized carbons (Fsp3) is 0.143. The minimum Gasteiger partial charge on any atom is -0.487 e. The SMILES string of the molecule is C=CCOc1c(I)cc(/C=C2\SC(=O)N(C)C2=O)cc1I. The number of hydrogen-bond donors (Lipinski definition) is 0. The highest BCUT2D eigenvalue weighted by Crippen LogP contribution is 2.34. The third kappa shape index (κ3) is 3.81. The maximum atomic E-state index is 11.9. The van der Waals surface area contributed by atoms with E-state index in [0.717, 1.165) is 35.1 Å². The highest BCUT2D eigenvalue weighted by atomic mass is 127. The van der Waals surface area contributed by atoms with Crippen molar-refractivity contribution in [2.45, 2.75) is 0 Å². The predicted molar refractivity (Wildman–Crippen MR) is 101 cm³/mol. The summed E-state index contributed by atoms with van der Waals surface area (Å²) >= 11 is 5.33. The van der Waals surface area contributed by atoms with Crippen LogP contribution in [-0.2, 0) is 4.79 Å². The average molecular weight is 527 g/mol. The highest BCUT2D eigenvalue weighted by Gasteiger charge is 2.31. The zero-order chi connectivity index (χ0) is 15.6. The van der Waals surface area contributed by atoms with E-state index >= 15 is 0 Å². The van der Waals surface area contributed by atoms with E-state index in [2.05, 4.69) is 51.8 Å². The number of ether oxygens (including phenoxy) is 1. The Labute approximate surface area is 154 Å². The number of amides is 2. The van der Waals surface area contributed by atoms with Crippen LogP contribution in [0.2, 0.25) is 0 Å². The van der Waals surface area contributed by atoms with Gasteiger partial charge in [0.15, 0.2) is 0 Å². The van der Waals surface area contributed by atoms with E-state index in [9.17, 15) is 9.59 Å². The summed E-state index contributed by atoms with van der Waals surface area (Å²) in [5.41, 5.74) is 0.869. The molecule has 0 aromatic heterocycles. The van der Waals surface area contributed by atoms with E-state index in [1.54, 1.807) is 12.2 Å². The van der Waals surface area contributed by atoms with E-state index < -0.39 is 0 Å². The molecular weight excluding hydrogens is 516 g/mol. The third-order valence-electron chi connectivity index (χ3n) is 2.65. The second kappa shape index (κ2) is 7.14. The monoisotopic (exact) mass is 527 g/mol. The van der Waals surface area contributed by atoms with Gasteiger partial charge in [0.25, 0.3) is 11.1 Å². The summed E-state index contributed by atoms with van der Waals surface area (Å²) in [6, 6.07) is 3.84. The van der Waals surface area contributed by atoms with Crippen molar-refractivity contribution in [3.8, 4) is 5.75 Å². The summed E-state index contributed by atoms with van der Waals surface area (Å²) in [7, 11) is 1.48. The van der Waals surface area contributed by atoms with Crippen molar-refractivity contribution >= 4 is 74.2 Å². The van der Waals surface area contributed by atoms with Gasteiger partial charge in [-0.2, -0.15) is 0 Å². The largest absolute Gasteiger partial charge is 0.487 e. The van der Waals surface area contributed by atoms with Crippen LogP contribution in [0.3, 0.4) is 0 Å². The van der Waals surface area contributed by atoms with Crippen molar-refractivity contribution in [2.75, 3.05) is 13.7 Å². The van der Waals surface area contributed by atoms with Gasteiger partial charge in [-0.15, -0.1) is 0 Å². The van der Waals surface area contributed by atoms with Crippen molar-refractivity contribution in [2.24, 2.45) is 0 Å². The second-order valence-electron chi connectivity index (χ2n) is 4.15. The average Bonchev–Trinajstić information content (AvgIpc) is 2.65. The van der Waals surface area contributed by atoms with Crippen LogP contribution in [0, 0.1) is 7.14 Å². The van der Waals surface area contributed by atoms with Crippen LogP contribution in [-0.4, -0.2) is 29.7 Å². The van der Waals surface area contributed by atoms with Gasteiger partial charge in [-0.3, -0.25) is 14.5 Å². The summed E-state index contributed by atoms with van der Waals surface area (Å²) in [6.45, 7) is 4.07. The number of nitrogens with zero attached hydrogens (tertiary/aromatic N) is 1. The molecule has 1 aliphatic rings. The highest BCUT2D eigenvalue weighted by molar-refractivity contribution is 14.1. The third-order valence-corrected chi connectivity index (χ3v) is 5.21. The molecule has 0 atom stereocenters. The summed E-state index contributed by atoms with van der Waals surface area (Å²) in [4.78, 5) is 24.9. The Kier molecular flexibility index (Phi) is 5.72. The molecule has 1 aromatic carbocycles. The number of carbonyl (C=O) groups excluding carboxylic acids is 2. The molecule has 0 unspecified atom stereocenters. The molecule has 2 amide bonds. The zero-order valence-electron chi connectivity index (χ0n) is 11.1. The number of halogens is 2. The van der Waals surface area contributed by atoms with E-state index in [4.69, 9.17) is 4.74 Å². The molecule has 0 N–H and O–H groups in total. The van der Waals surface area contributed by atoms with Crippen LogP contribution in [0.4, 0.5) is 4.79 Å². The van der Waals surface area contributed by atoms with E-state index in [0.29, 0.717) is 11.5 Å². The molecule has 1 fully saturated rings. The van der Waals surface area contributed by atoms with Gasteiger partial charge in [-0.05, 0) is 80.7 Å². The molecule has 1 heterocycles. The second-order valence-corrected chi connectivity index (χ2v) is 7.47. The van der Waals surface area contributed by atoms with Crippen molar-refractivity contribution in [3.05, 3.63) is 42.4 Å². The van der Waals surface area contributed by atoms with Gasteiger partial charge in [-0.1, -0.05) is 12.7 Å². The van der Waals surface area contributed by atoms with Crippen LogP contribution in [0.1, 0.15) is 5.56 Å². The van der Waals surface area contributed by atoms with Crippen molar-refractivity contribution in [3.63, 3.8) is 0 Å². The summed E-state index contributed by atoms with van der Waals surface area (Å²) in [6.07, 6.45) is 3.42. The lowest BCUT2D eigenvalue weighted by Gasteiger charge is -2.10. The van der Waals surface area contributed by atoms with Crippen LogP contribution in [0.5, 0.6) is 5.75 Å². The van der Waals surface area contributed by atoms with Crippen LogP contribution in [0.15, 0.2) is 29.7 Å². The minimum atomic E-state index is -0.262. The zero-order valence-corrected chi connectivity index (χ0v) is 16.2. The lowest BCUT2D eigenvalue weighted by molar-refractivity contribution is -0.121. The van der Waals surface area contributed by atoms with Gasteiger partial charge in [0.1, 0.15) is 12.4 Å². The summed E-state index contributed by atoms with van der Waals surface area (Å²) in [5.74, 6) is 0.541. The molecule has 4 nitrogen and oxygen atoms in total. The Balaban J connectivity index is 2.32. The Morgan fingerprint density at radius 3 is 2.43 bits per heavy atom. The van der Waals surface area contributed by atoms with Gasteiger partial charge >= 0.3 is 0 Å². The number of rotatable bonds is 4. The van der Waals surface area contributed by atoms with Gasteiger partial charge in [-0.25, -0.2) is 0 Å². The van der Waals surface area contributed by atoms with Crippen LogP contribution >= 0.6 is 56.9 Å². The summed E-state index contributed by atoms with van der Waals surface area (Å²) < 4.78 is 7.50. The molecular formula is C14H11I2NO3S. The van der Waals surface area contributed by atoms with E-state index in [-0.39, 0.29) is 11.1 Å². The molecule has 0 aliphatic carbocycles. The lowest BCUT2D eigenvalue weighted by Crippen LogP contribution is -2.22. The Bertz CT molecular complexity index is 635. The number of likely N-dealkylation sites (N-methyl/N-ethyl adjacent to an activating group) is 1. The van der Waals surface area contributed by atoms with Crippen molar-refractivity contribution in [1.29, 1.82) is 0 Å². The molecule has 2 rings (SSSR count). The first kappa shape index (κ1) is 16.8. The van der Waals surface area contributed by atoms with Gasteiger partial charge in [0.05, 0.1) is 12.0 Å². The van der Waals surface area contributed by atoms with Gasteiger partial charge < -0.3 is 4.74 Å². The van der Waals surface area contributed by atoms with Gasteiger partial charge in [0.2, 0.25) is 0 Å². The predicted octanol–water partition coefficient (Wildman–Crippen LogP) is 4.13. The standard InChI is InChI=1S/C14H11I2NO3S/c1-3-4-20-12-9(15)5-8(6-10(12)16)7-11-13(18)17(2)14(19)21-11/h3,5-7H,1,4H2,2H3/b11-7-. The molecule has 0 radical (unpaired) electrons. The van der Waals surface area contributed by atoms with Crippen molar-refractivity contribution in [1.82, 2.24) is 4.90 Å². The normalized spacial score (nSPS) is 16.7. The minimum absolute atomic E-state index is 0.249. The first-order valence-corrected chi connectivity index (χ1v) is 8.85. The number of carbonyl (C=O) groups is 2. The fourth-order valence-electron chi connectivity index (χ4n) is 1.64. The van der Waals surface area contributed by atoms with Crippen LogP contribution in [0.25, 0.3) is 6.08 Å². The molecule has 1 saturated heterocycles. The first-order valence-electron chi connectivity index (χ1n) is 5.88. The number of thioether (sulfide) groups is 1. The van der Waals surface area contributed by atoms with Crippen molar-refractivity contribution < 1.29 is 14.3 Å². The number of hydrogen-bond acceptors (Lipinski definition) is 4. The maximum absolute atomic E-state index is 11.9. The lowest BCUT2D eigenvalue weighted by atomic mass is 10.2. The number of benzene rings is 1. The van der Waals surface area contributed by atoms with E-state index in [1.807, 2.05) is 12.1 Å². The quantitative estimate of drug-likeness (QED) is 0.336. The molecule has 0 saturated carbocycles. The first-order chi connectivity index (χ1) is 9.93. The van der Waals surface area contributed by atoms with Crippen LogP contribution < -0.4 is 4.74 Å². The summed E-state index contributed by atoms with van der Waals surface area (Å²) in [5, 5.41) is -0.249. The molecule has 1 aromatic rings. The Hall–Kier alpha value is -0.550. The maximum Gasteiger partial charge on any atom is 0.293 e. The molecule has 0 spiro atoms. The topological polar surface area (TPSA) is 46.6 Å². The van der Waals surface area contributed by atoms with Gasteiger partial charge in [0, 0.05) is 7.05 Å². The van der Waals surface area contributed by atoms with E-state index in [1.165, 1.54) is 7.05 Å². The number of imide groups is 1. The molecule has 110 valence electrons. The Morgan fingerprint density at radius 2 is 1.95 bits per heavy atom. The smallest absolute Gasteiger partial charge is 0.293 e. The molecule has 21 heavy (non-hydrogen) atoms. The Morgan fingerprint density at radius 1 is 1.33 bits per heavy atom. The molecule has 7 heteroatoms.